The van der Waals surface area contributed by atoms with Gasteiger partial charge in [-0.25, -0.2) is 4.68 Å². The highest BCUT2D eigenvalue weighted by Gasteiger charge is 2.24. The Labute approximate surface area is 242 Å². The number of hydrogen-bond acceptors (Lipinski definition) is 3. The van der Waals surface area contributed by atoms with Crippen LogP contribution in [0.25, 0.3) is 61.1 Å². The van der Waals surface area contributed by atoms with E-state index in [9.17, 15) is 0 Å². The fourth-order valence-corrected chi connectivity index (χ4v) is 6.17. The summed E-state index contributed by atoms with van der Waals surface area (Å²) in [6.45, 7) is 0. The van der Waals surface area contributed by atoms with Crippen LogP contribution in [0.1, 0.15) is 17.7 Å². The predicted molar refractivity (Wildman–Crippen MR) is 167 cm³/mol. The van der Waals surface area contributed by atoms with Crippen molar-refractivity contribution in [3.8, 4) is 33.4 Å². The maximum Gasteiger partial charge on any atom is 0.135 e. The maximum absolute atomic E-state index is 6.38. The van der Waals surface area contributed by atoms with Crippen LogP contribution in [0.4, 0.5) is 0 Å². The number of benzene rings is 5. The first kappa shape index (κ1) is 23.9. The van der Waals surface area contributed by atoms with Gasteiger partial charge in [-0.05, 0) is 82.3 Å². The van der Waals surface area contributed by atoms with E-state index in [2.05, 4.69) is 95.3 Å². The second kappa shape index (κ2) is 9.61. The molecule has 4 nitrogen and oxygen atoms in total. The monoisotopic (exact) mass is 549 g/mol. The zero-order chi connectivity index (χ0) is 27.3. The zero-order valence-corrected chi connectivity index (χ0v) is 22.8. The summed E-state index contributed by atoms with van der Waals surface area (Å²) in [6.07, 6.45) is 4.01. The smallest absolute Gasteiger partial charge is 0.135 e. The van der Waals surface area contributed by atoms with Crippen LogP contribution in [-0.4, -0.2) is 15.0 Å². The van der Waals surface area contributed by atoms with Gasteiger partial charge in [0.15, 0.2) is 0 Å². The zero-order valence-electron chi connectivity index (χ0n) is 22.1. The number of furan rings is 1. The summed E-state index contributed by atoms with van der Waals surface area (Å²) < 4.78 is 8.32. The molecule has 0 unspecified atom stereocenters. The van der Waals surface area contributed by atoms with Crippen molar-refractivity contribution in [3.05, 3.63) is 138 Å². The summed E-state index contributed by atoms with van der Waals surface area (Å²) in [6, 6.07) is 39.8. The van der Waals surface area contributed by atoms with E-state index in [0.29, 0.717) is 0 Å². The van der Waals surface area contributed by atoms with E-state index in [-0.39, 0.29) is 0 Å². The molecule has 8 rings (SSSR count). The van der Waals surface area contributed by atoms with Gasteiger partial charge < -0.3 is 4.42 Å². The molecule has 0 saturated carbocycles. The average molecular weight is 550 g/mol. The van der Waals surface area contributed by atoms with Gasteiger partial charge in [-0.1, -0.05) is 95.7 Å². The molecular weight excluding hydrogens is 526 g/mol. The molecule has 5 aromatic carbocycles. The van der Waals surface area contributed by atoms with E-state index >= 15 is 0 Å². The van der Waals surface area contributed by atoms with Crippen LogP contribution in [0.5, 0.6) is 0 Å². The summed E-state index contributed by atoms with van der Waals surface area (Å²) in [5, 5.41) is 10.7. The van der Waals surface area contributed by atoms with Crippen molar-refractivity contribution in [2.24, 2.45) is 0 Å². The van der Waals surface area contributed by atoms with Crippen LogP contribution in [0.15, 0.2) is 126 Å². The van der Waals surface area contributed by atoms with Crippen molar-refractivity contribution in [2.45, 2.75) is 12.8 Å². The highest BCUT2D eigenvalue weighted by Crippen LogP contribution is 2.40. The predicted octanol–water partition coefficient (Wildman–Crippen LogP) is 9.67. The Kier molecular flexibility index (Phi) is 5.61. The lowest BCUT2D eigenvalue weighted by atomic mass is 9.92. The van der Waals surface area contributed by atoms with Gasteiger partial charge in [0.2, 0.25) is 0 Å². The Morgan fingerprint density at radius 2 is 1.41 bits per heavy atom. The Morgan fingerprint density at radius 1 is 0.683 bits per heavy atom. The number of nitrogens with zero attached hydrogens (tertiary/aromatic N) is 3. The summed E-state index contributed by atoms with van der Waals surface area (Å²) in [5.74, 6) is 0.999. The molecule has 1 aliphatic rings. The van der Waals surface area contributed by atoms with Gasteiger partial charge in [0.1, 0.15) is 16.9 Å². The quantitative estimate of drug-likeness (QED) is 0.219. The van der Waals surface area contributed by atoms with Crippen LogP contribution < -0.4 is 0 Å². The second-order valence-corrected chi connectivity index (χ2v) is 10.8. The standard InChI is InChI=1S/C36H24ClN3O/c37-27-11-6-10-26(21-27)29-13-2-1-12-28(29)25-9-5-8-23(20-25)24-18-19-34-30(22-24)36-33(16-7-17-35(36)41-34)40-32-15-4-3-14-31(32)38-39-40/h1-6,8-16,18-22H,7,17H2. The normalized spacial score (nSPS) is 13.0. The maximum atomic E-state index is 6.38. The van der Waals surface area contributed by atoms with Crippen LogP contribution in [0, 0.1) is 0 Å². The molecule has 2 aromatic heterocycles. The first-order valence-electron chi connectivity index (χ1n) is 13.8. The van der Waals surface area contributed by atoms with E-state index < -0.39 is 0 Å². The molecule has 7 aromatic rings. The molecule has 0 spiro atoms. The fourth-order valence-electron chi connectivity index (χ4n) is 5.97. The van der Waals surface area contributed by atoms with E-state index in [1.807, 2.05) is 41.1 Å². The van der Waals surface area contributed by atoms with Crippen LogP contribution in [-0.2, 0) is 6.42 Å². The minimum atomic E-state index is 0.732. The number of fused-ring (bicyclic) bond motifs is 4. The van der Waals surface area contributed by atoms with Crippen LogP contribution >= 0.6 is 11.6 Å². The lowest BCUT2D eigenvalue weighted by Gasteiger charge is -2.14. The van der Waals surface area contributed by atoms with Crippen molar-refractivity contribution < 1.29 is 4.42 Å². The van der Waals surface area contributed by atoms with Gasteiger partial charge in [0, 0.05) is 22.4 Å². The molecule has 1 aliphatic carbocycles. The minimum absolute atomic E-state index is 0.732. The summed E-state index contributed by atoms with van der Waals surface area (Å²) in [7, 11) is 0. The van der Waals surface area contributed by atoms with E-state index in [4.69, 9.17) is 16.0 Å². The highest BCUT2D eigenvalue weighted by atomic mass is 35.5. The van der Waals surface area contributed by atoms with Gasteiger partial charge in [-0.3, -0.25) is 0 Å². The van der Waals surface area contributed by atoms with Gasteiger partial charge in [0.05, 0.1) is 11.2 Å². The molecule has 0 amide bonds. The van der Waals surface area contributed by atoms with E-state index in [1.165, 1.54) is 5.56 Å². The Hall–Kier alpha value is -4.93. The molecule has 5 heteroatoms. The van der Waals surface area contributed by atoms with Crippen molar-refractivity contribution in [1.29, 1.82) is 0 Å². The second-order valence-electron chi connectivity index (χ2n) is 10.4. The van der Waals surface area contributed by atoms with Crippen LogP contribution in [0.2, 0.25) is 5.02 Å². The number of rotatable bonds is 4. The van der Waals surface area contributed by atoms with Crippen LogP contribution in [0.3, 0.4) is 0 Å². The fraction of sp³-hybridized carbons (Fsp3) is 0.0556. The lowest BCUT2D eigenvalue weighted by molar-refractivity contribution is 0.543. The van der Waals surface area contributed by atoms with E-state index in [0.717, 1.165) is 84.7 Å². The third-order valence-electron chi connectivity index (χ3n) is 7.88. The first-order valence-corrected chi connectivity index (χ1v) is 14.1. The summed E-state index contributed by atoms with van der Waals surface area (Å²) >= 11 is 6.34. The number of aromatic nitrogens is 3. The SMILES string of the molecule is Clc1cccc(-c2ccccc2-c2cccc(-c3ccc4oc5c(c4c3)C(n3nnc4ccccc43)=CCC5)c2)c1. The first-order chi connectivity index (χ1) is 20.2. The van der Waals surface area contributed by atoms with Crippen molar-refractivity contribution in [3.63, 3.8) is 0 Å². The van der Waals surface area contributed by atoms with Crippen molar-refractivity contribution in [2.75, 3.05) is 0 Å². The van der Waals surface area contributed by atoms with Gasteiger partial charge in [-0.2, -0.15) is 0 Å². The Balaban J connectivity index is 1.24. The topological polar surface area (TPSA) is 43.9 Å². The minimum Gasteiger partial charge on any atom is -0.460 e. The molecule has 0 atom stereocenters. The number of para-hydroxylation sites is 1. The van der Waals surface area contributed by atoms with E-state index in [1.54, 1.807) is 0 Å². The number of halogens is 1. The summed E-state index contributed by atoms with van der Waals surface area (Å²) in [4.78, 5) is 0. The molecule has 0 N–H and O–H groups in total. The molecule has 2 heterocycles. The molecule has 0 saturated heterocycles. The lowest BCUT2D eigenvalue weighted by Crippen LogP contribution is -2.06. The molecule has 0 aliphatic heterocycles. The molecule has 0 bridgehead atoms. The average Bonchev–Trinajstić information content (AvgIpc) is 3.62. The Bertz CT molecular complexity index is 2130. The molecule has 0 fully saturated rings. The molecular formula is C36H24ClN3O. The van der Waals surface area contributed by atoms with Gasteiger partial charge >= 0.3 is 0 Å². The number of aryl methyl sites for hydroxylation is 1. The molecule has 41 heavy (non-hydrogen) atoms. The molecule has 196 valence electrons. The Morgan fingerprint density at radius 3 is 2.27 bits per heavy atom. The van der Waals surface area contributed by atoms with Crippen molar-refractivity contribution in [1.82, 2.24) is 15.0 Å². The summed E-state index contributed by atoms with van der Waals surface area (Å²) in [5.41, 5.74) is 11.7. The molecule has 0 radical (unpaired) electrons. The van der Waals surface area contributed by atoms with Gasteiger partial charge in [0.25, 0.3) is 0 Å². The number of hydrogen-bond donors (Lipinski definition) is 0. The third kappa shape index (κ3) is 4.07. The van der Waals surface area contributed by atoms with Gasteiger partial charge in [-0.15, -0.1) is 5.10 Å². The number of allylic oxidation sites excluding steroid dienone is 1. The largest absolute Gasteiger partial charge is 0.460 e. The third-order valence-corrected chi connectivity index (χ3v) is 8.11. The highest BCUT2D eigenvalue weighted by molar-refractivity contribution is 6.30. The van der Waals surface area contributed by atoms with Crippen molar-refractivity contribution >= 4 is 39.3 Å².